The van der Waals surface area contributed by atoms with Crippen molar-refractivity contribution in [2.75, 3.05) is 6.54 Å². The van der Waals surface area contributed by atoms with Gasteiger partial charge in [-0.15, -0.1) is 0 Å². The van der Waals surface area contributed by atoms with Crippen molar-refractivity contribution in [2.24, 2.45) is 11.3 Å². The van der Waals surface area contributed by atoms with Crippen LogP contribution in [-0.2, 0) is 4.79 Å². The van der Waals surface area contributed by atoms with E-state index in [2.05, 4.69) is 31.5 Å². The molecule has 30 heavy (non-hydrogen) atoms. The predicted octanol–water partition coefficient (Wildman–Crippen LogP) is 3.78. The van der Waals surface area contributed by atoms with Gasteiger partial charge in [-0.1, -0.05) is 40.7 Å². The van der Waals surface area contributed by atoms with Gasteiger partial charge in [0, 0.05) is 12.6 Å². The Morgan fingerprint density at radius 1 is 1.20 bits per heavy atom. The molecule has 1 aromatic heterocycles. The SMILES string of the molecule is CC(C)C(NC(=O)NC(C(=O)N1CCCC1C)C(C)(C)C)C(=O)c1cccc(Br)n1. The maximum Gasteiger partial charge on any atom is 0.316 e. The molecule has 1 aliphatic rings. The normalized spacial score (nSPS) is 18.8. The first-order valence-corrected chi connectivity index (χ1v) is 11.3. The fourth-order valence-electron chi connectivity index (χ4n) is 3.63. The molecule has 3 amide bonds. The number of amides is 3. The highest BCUT2D eigenvalue weighted by Gasteiger charge is 2.39. The van der Waals surface area contributed by atoms with Crippen LogP contribution in [0.15, 0.2) is 22.8 Å². The smallest absolute Gasteiger partial charge is 0.316 e. The lowest BCUT2D eigenvalue weighted by Crippen LogP contribution is -2.59. The van der Waals surface area contributed by atoms with E-state index in [1.54, 1.807) is 18.2 Å². The minimum atomic E-state index is -0.756. The molecular weight excluding hydrogens is 448 g/mol. The summed E-state index contributed by atoms with van der Waals surface area (Å²) in [6, 6.07) is 3.28. The second kappa shape index (κ2) is 9.90. The van der Waals surface area contributed by atoms with Crippen LogP contribution in [-0.4, -0.2) is 52.3 Å². The summed E-state index contributed by atoms with van der Waals surface area (Å²) in [6.07, 6.45) is 1.94. The zero-order valence-electron chi connectivity index (χ0n) is 18.7. The Balaban J connectivity index is 2.15. The summed E-state index contributed by atoms with van der Waals surface area (Å²) in [4.78, 5) is 45.0. The second-order valence-corrected chi connectivity index (χ2v) is 10.2. The van der Waals surface area contributed by atoms with Gasteiger partial charge in [-0.2, -0.15) is 0 Å². The van der Waals surface area contributed by atoms with E-state index in [4.69, 9.17) is 0 Å². The molecule has 2 heterocycles. The van der Waals surface area contributed by atoms with Crippen LogP contribution in [0.2, 0.25) is 0 Å². The molecule has 3 atom stereocenters. The molecule has 166 valence electrons. The number of nitrogens with one attached hydrogen (secondary N) is 2. The summed E-state index contributed by atoms with van der Waals surface area (Å²) in [7, 11) is 0. The minimum absolute atomic E-state index is 0.0799. The Labute approximate surface area is 187 Å². The molecule has 8 heteroatoms. The molecule has 7 nitrogen and oxygen atoms in total. The third-order valence-electron chi connectivity index (χ3n) is 5.43. The quantitative estimate of drug-likeness (QED) is 0.478. The summed E-state index contributed by atoms with van der Waals surface area (Å²) in [5, 5.41) is 5.60. The number of likely N-dealkylation sites (tertiary alicyclic amines) is 1. The van der Waals surface area contributed by atoms with Crippen molar-refractivity contribution in [1.82, 2.24) is 20.5 Å². The zero-order chi connectivity index (χ0) is 22.6. The van der Waals surface area contributed by atoms with Crippen molar-refractivity contribution < 1.29 is 14.4 Å². The van der Waals surface area contributed by atoms with Crippen molar-refractivity contribution in [1.29, 1.82) is 0 Å². The van der Waals surface area contributed by atoms with Crippen LogP contribution in [0.1, 0.15) is 64.9 Å². The van der Waals surface area contributed by atoms with Crippen LogP contribution >= 0.6 is 15.9 Å². The Kier molecular flexibility index (Phi) is 8.02. The molecule has 1 aromatic rings. The number of carbonyl (C=O) groups excluding carboxylic acids is 3. The summed E-state index contributed by atoms with van der Waals surface area (Å²) < 4.78 is 0.554. The Hall–Kier alpha value is -1.96. The average Bonchev–Trinajstić information content (AvgIpc) is 3.08. The largest absolute Gasteiger partial charge is 0.338 e. The highest BCUT2D eigenvalue weighted by atomic mass is 79.9. The van der Waals surface area contributed by atoms with Gasteiger partial charge in [-0.3, -0.25) is 9.59 Å². The number of rotatable bonds is 6. The Morgan fingerprint density at radius 3 is 2.37 bits per heavy atom. The van der Waals surface area contributed by atoms with Gasteiger partial charge in [0.25, 0.3) is 0 Å². The van der Waals surface area contributed by atoms with Crippen molar-refractivity contribution in [3.05, 3.63) is 28.5 Å². The highest BCUT2D eigenvalue weighted by molar-refractivity contribution is 9.10. The molecular formula is C22H33BrN4O3. The van der Waals surface area contributed by atoms with E-state index in [0.29, 0.717) is 11.1 Å². The molecule has 0 radical (unpaired) electrons. The molecule has 0 spiro atoms. The number of ketones is 1. The molecule has 1 saturated heterocycles. The maximum atomic E-state index is 13.2. The van der Waals surface area contributed by atoms with E-state index in [0.717, 1.165) is 12.8 Å². The lowest BCUT2D eigenvalue weighted by atomic mass is 9.85. The Morgan fingerprint density at radius 2 is 1.87 bits per heavy atom. The van der Waals surface area contributed by atoms with E-state index in [1.165, 1.54) is 0 Å². The number of aromatic nitrogens is 1. The van der Waals surface area contributed by atoms with Crippen molar-refractivity contribution in [3.63, 3.8) is 0 Å². The number of Topliss-reactive ketones (excluding diaryl/α,β-unsaturated/α-hetero) is 1. The summed E-state index contributed by atoms with van der Waals surface area (Å²) in [5.74, 6) is -0.497. The van der Waals surface area contributed by atoms with Gasteiger partial charge in [0.1, 0.15) is 16.3 Å². The maximum absolute atomic E-state index is 13.2. The molecule has 2 N–H and O–H groups in total. The van der Waals surface area contributed by atoms with Crippen LogP contribution < -0.4 is 10.6 Å². The van der Waals surface area contributed by atoms with Gasteiger partial charge in [0.15, 0.2) is 0 Å². The lowest BCUT2D eigenvalue weighted by molar-refractivity contribution is -0.136. The van der Waals surface area contributed by atoms with Gasteiger partial charge >= 0.3 is 6.03 Å². The van der Waals surface area contributed by atoms with Crippen LogP contribution in [0.25, 0.3) is 0 Å². The van der Waals surface area contributed by atoms with Gasteiger partial charge in [-0.05, 0) is 59.2 Å². The molecule has 1 fully saturated rings. The topological polar surface area (TPSA) is 91.4 Å². The van der Waals surface area contributed by atoms with Crippen LogP contribution in [0.3, 0.4) is 0 Å². The highest BCUT2D eigenvalue weighted by Crippen LogP contribution is 2.25. The number of halogens is 1. The fraction of sp³-hybridized carbons (Fsp3) is 0.636. The third kappa shape index (κ3) is 6.03. The van der Waals surface area contributed by atoms with Crippen LogP contribution in [0, 0.1) is 11.3 Å². The van der Waals surface area contributed by atoms with Crippen molar-refractivity contribution in [2.45, 2.75) is 72.5 Å². The number of hydrogen-bond acceptors (Lipinski definition) is 4. The van der Waals surface area contributed by atoms with E-state index >= 15 is 0 Å². The number of urea groups is 1. The first-order valence-electron chi connectivity index (χ1n) is 10.5. The molecule has 1 aliphatic heterocycles. The fourth-order valence-corrected chi connectivity index (χ4v) is 3.97. The standard InChI is InChI=1S/C22H33BrN4O3/c1-13(2)17(18(28)15-10-7-11-16(23)24-15)25-21(30)26-19(22(4,5)6)20(29)27-12-8-9-14(27)3/h7,10-11,13-14,17,19H,8-9,12H2,1-6H3,(H2,25,26,30). The average molecular weight is 481 g/mol. The van der Waals surface area contributed by atoms with E-state index < -0.39 is 23.5 Å². The summed E-state index contributed by atoms with van der Waals surface area (Å²) in [6.45, 7) is 12.2. The van der Waals surface area contributed by atoms with Gasteiger partial charge in [-0.25, -0.2) is 9.78 Å². The van der Waals surface area contributed by atoms with Crippen LogP contribution in [0.4, 0.5) is 4.79 Å². The van der Waals surface area contributed by atoms with Crippen LogP contribution in [0.5, 0.6) is 0 Å². The second-order valence-electron chi connectivity index (χ2n) is 9.37. The molecule has 3 unspecified atom stereocenters. The third-order valence-corrected chi connectivity index (χ3v) is 5.87. The summed E-state index contributed by atoms with van der Waals surface area (Å²) in [5.41, 5.74) is -0.197. The number of nitrogens with zero attached hydrogens (tertiary/aromatic N) is 2. The lowest BCUT2D eigenvalue weighted by Gasteiger charge is -2.35. The molecule has 0 bridgehead atoms. The van der Waals surface area contributed by atoms with Crippen molar-refractivity contribution >= 4 is 33.7 Å². The van der Waals surface area contributed by atoms with Gasteiger partial charge in [0.2, 0.25) is 11.7 Å². The zero-order valence-corrected chi connectivity index (χ0v) is 20.2. The van der Waals surface area contributed by atoms with E-state index in [-0.39, 0.29) is 29.3 Å². The van der Waals surface area contributed by atoms with Crippen molar-refractivity contribution in [3.8, 4) is 0 Å². The molecule has 0 aliphatic carbocycles. The molecule has 0 aromatic carbocycles. The predicted molar refractivity (Wildman–Crippen MR) is 120 cm³/mol. The first-order chi connectivity index (χ1) is 13.9. The van der Waals surface area contributed by atoms with Gasteiger partial charge in [0.05, 0.1) is 6.04 Å². The molecule has 0 saturated carbocycles. The number of carbonyl (C=O) groups is 3. The van der Waals surface area contributed by atoms with E-state index in [9.17, 15) is 14.4 Å². The molecule has 2 rings (SSSR count). The first kappa shape index (κ1) is 24.3. The summed E-state index contributed by atoms with van der Waals surface area (Å²) >= 11 is 3.27. The van der Waals surface area contributed by atoms with E-state index in [1.807, 2.05) is 46.4 Å². The number of pyridine rings is 1. The number of hydrogen-bond donors (Lipinski definition) is 2. The monoisotopic (exact) mass is 480 g/mol. The minimum Gasteiger partial charge on any atom is -0.338 e. The van der Waals surface area contributed by atoms with Gasteiger partial charge < -0.3 is 15.5 Å². The Bertz CT molecular complexity index is 791.